The van der Waals surface area contributed by atoms with E-state index in [1.54, 1.807) is 4.90 Å². The number of H-pyrrole nitrogens is 1. The van der Waals surface area contributed by atoms with Crippen molar-refractivity contribution in [3.05, 3.63) is 64.0 Å². The molecule has 128 valence electrons. The van der Waals surface area contributed by atoms with E-state index in [0.29, 0.717) is 19.0 Å². The number of para-hydroxylation sites is 1. The molecule has 0 atom stereocenters. The Morgan fingerprint density at radius 3 is 2.68 bits per heavy atom. The molecule has 0 bridgehead atoms. The third-order valence-corrected chi connectivity index (χ3v) is 4.83. The summed E-state index contributed by atoms with van der Waals surface area (Å²) in [6.07, 6.45) is 3.77. The Labute approximate surface area is 143 Å². The maximum absolute atomic E-state index is 12.4. The lowest BCUT2D eigenvalue weighted by Crippen LogP contribution is -2.37. The lowest BCUT2D eigenvalue weighted by molar-refractivity contribution is -0.402. The van der Waals surface area contributed by atoms with Crippen molar-refractivity contribution in [1.82, 2.24) is 9.88 Å². The molecule has 1 amide bonds. The van der Waals surface area contributed by atoms with Gasteiger partial charge in [-0.1, -0.05) is 18.2 Å². The number of aromatic nitrogens is 1. The Morgan fingerprint density at radius 1 is 1.20 bits per heavy atom. The van der Waals surface area contributed by atoms with Crippen molar-refractivity contribution in [2.24, 2.45) is 0 Å². The minimum atomic E-state index is -0.639. The van der Waals surface area contributed by atoms with E-state index in [4.69, 9.17) is 4.42 Å². The van der Waals surface area contributed by atoms with Crippen LogP contribution >= 0.6 is 0 Å². The molecule has 25 heavy (non-hydrogen) atoms. The molecule has 1 fully saturated rings. The monoisotopic (exact) mass is 339 g/mol. The van der Waals surface area contributed by atoms with Crippen molar-refractivity contribution < 1.29 is 14.1 Å². The van der Waals surface area contributed by atoms with Crippen LogP contribution in [-0.2, 0) is 0 Å². The van der Waals surface area contributed by atoms with Gasteiger partial charge in [0.25, 0.3) is 5.91 Å². The number of amides is 1. The molecule has 0 unspecified atom stereocenters. The first kappa shape index (κ1) is 15.4. The number of nitrogens with one attached hydrogen (secondary N) is 1. The summed E-state index contributed by atoms with van der Waals surface area (Å²) >= 11 is 0. The molecule has 0 radical (unpaired) electrons. The van der Waals surface area contributed by atoms with Gasteiger partial charge < -0.3 is 14.3 Å². The number of hydrogen-bond acceptors (Lipinski definition) is 4. The van der Waals surface area contributed by atoms with Crippen LogP contribution in [0.1, 0.15) is 34.9 Å². The first-order valence-electron chi connectivity index (χ1n) is 8.23. The zero-order valence-electron chi connectivity index (χ0n) is 13.5. The molecule has 3 aromatic rings. The zero-order chi connectivity index (χ0) is 17.4. The fourth-order valence-electron chi connectivity index (χ4n) is 3.52. The van der Waals surface area contributed by atoms with Gasteiger partial charge in [-0.05, 0) is 36.5 Å². The first-order valence-corrected chi connectivity index (χ1v) is 8.23. The van der Waals surface area contributed by atoms with Crippen molar-refractivity contribution in [3.63, 3.8) is 0 Å². The van der Waals surface area contributed by atoms with Gasteiger partial charge >= 0.3 is 5.88 Å². The summed E-state index contributed by atoms with van der Waals surface area (Å²) in [5, 5.41) is 11.9. The molecule has 2 aromatic heterocycles. The number of hydrogen-bond donors (Lipinski definition) is 1. The maximum atomic E-state index is 12.4. The van der Waals surface area contributed by atoms with Crippen LogP contribution in [0, 0.1) is 10.1 Å². The highest BCUT2D eigenvalue weighted by Crippen LogP contribution is 2.33. The van der Waals surface area contributed by atoms with Gasteiger partial charge in [0.1, 0.15) is 4.92 Å². The third kappa shape index (κ3) is 2.77. The van der Waals surface area contributed by atoms with Gasteiger partial charge in [-0.25, -0.2) is 0 Å². The Kier molecular flexibility index (Phi) is 3.76. The van der Waals surface area contributed by atoms with Gasteiger partial charge in [0.2, 0.25) is 0 Å². The maximum Gasteiger partial charge on any atom is 0.433 e. The number of rotatable bonds is 3. The minimum Gasteiger partial charge on any atom is -0.395 e. The molecule has 0 saturated carbocycles. The van der Waals surface area contributed by atoms with Gasteiger partial charge in [0.15, 0.2) is 5.76 Å². The average molecular weight is 339 g/mol. The molecule has 1 N–H and O–H groups in total. The van der Waals surface area contributed by atoms with Crippen LogP contribution in [0.4, 0.5) is 5.88 Å². The number of likely N-dealkylation sites (tertiary alicyclic amines) is 1. The smallest absolute Gasteiger partial charge is 0.395 e. The number of fused-ring (bicyclic) bond motifs is 1. The van der Waals surface area contributed by atoms with Crippen molar-refractivity contribution in [2.75, 3.05) is 13.1 Å². The Hall–Kier alpha value is -3.09. The van der Waals surface area contributed by atoms with Crippen LogP contribution < -0.4 is 0 Å². The molecular weight excluding hydrogens is 322 g/mol. The summed E-state index contributed by atoms with van der Waals surface area (Å²) < 4.78 is 5.02. The van der Waals surface area contributed by atoms with Crippen molar-refractivity contribution in [3.8, 4) is 0 Å². The Bertz CT molecular complexity index is 935. The molecule has 7 heteroatoms. The van der Waals surface area contributed by atoms with Crippen LogP contribution in [-0.4, -0.2) is 33.8 Å². The number of carbonyl (C=O) groups excluding carboxylic acids is 1. The van der Waals surface area contributed by atoms with Gasteiger partial charge in [0.05, 0.1) is 6.07 Å². The quantitative estimate of drug-likeness (QED) is 0.582. The SMILES string of the molecule is O=C(c1ccc([N+](=O)[O-])o1)N1CCC(c2c[nH]c3ccccc23)CC1. The lowest BCUT2D eigenvalue weighted by Gasteiger charge is -2.31. The summed E-state index contributed by atoms with van der Waals surface area (Å²) in [7, 11) is 0. The largest absolute Gasteiger partial charge is 0.433 e. The van der Waals surface area contributed by atoms with Crippen LogP contribution in [0.15, 0.2) is 47.0 Å². The molecule has 0 aliphatic carbocycles. The number of aromatic amines is 1. The molecule has 4 rings (SSSR count). The van der Waals surface area contributed by atoms with Crippen LogP contribution in [0.25, 0.3) is 10.9 Å². The number of nitro groups is 1. The Morgan fingerprint density at radius 2 is 1.96 bits per heavy atom. The Balaban J connectivity index is 1.45. The van der Waals surface area contributed by atoms with Gasteiger partial charge in [-0.15, -0.1) is 0 Å². The topological polar surface area (TPSA) is 92.4 Å². The van der Waals surface area contributed by atoms with E-state index in [9.17, 15) is 14.9 Å². The normalized spacial score (nSPS) is 15.6. The van der Waals surface area contributed by atoms with E-state index in [1.165, 1.54) is 23.1 Å². The van der Waals surface area contributed by atoms with Crippen molar-refractivity contribution in [1.29, 1.82) is 0 Å². The summed E-state index contributed by atoms with van der Waals surface area (Å²) in [6.45, 7) is 1.22. The number of furan rings is 1. The molecule has 0 spiro atoms. The summed E-state index contributed by atoms with van der Waals surface area (Å²) in [4.78, 5) is 27.5. The standard InChI is InChI=1S/C18H17N3O4/c22-18(16-5-6-17(25-16)21(23)24)20-9-7-12(8-10-20)14-11-19-15-4-2-1-3-13(14)15/h1-6,11-12,19H,7-10H2. The number of benzene rings is 1. The second-order valence-electron chi connectivity index (χ2n) is 6.25. The summed E-state index contributed by atoms with van der Waals surface area (Å²) in [6, 6.07) is 10.8. The van der Waals surface area contributed by atoms with Crippen LogP contribution in [0.2, 0.25) is 0 Å². The van der Waals surface area contributed by atoms with Gasteiger partial charge in [-0.3, -0.25) is 14.9 Å². The van der Waals surface area contributed by atoms with E-state index in [0.717, 1.165) is 18.4 Å². The third-order valence-electron chi connectivity index (χ3n) is 4.83. The second kappa shape index (κ2) is 6.08. The zero-order valence-corrected chi connectivity index (χ0v) is 13.5. The predicted molar refractivity (Wildman–Crippen MR) is 91.5 cm³/mol. The molecular formula is C18H17N3O4. The number of nitrogens with zero attached hydrogens (tertiary/aromatic N) is 2. The average Bonchev–Trinajstić information content (AvgIpc) is 3.29. The molecule has 1 saturated heterocycles. The molecule has 1 aliphatic rings. The van der Waals surface area contributed by atoms with Crippen molar-refractivity contribution >= 4 is 22.7 Å². The fourth-order valence-corrected chi connectivity index (χ4v) is 3.52. The fraction of sp³-hybridized carbons (Fsp3) is 0.278. The van der Waals surface area contributed by atoms with Gasteiger partial charge in [-0.2, -0.15) is 0 Å². The summed E-state index contributed by atoms with van der Waals surface area (Å²) in [5.41, 5.74) is 2.41. The first-order chi connectivity index (χ1) is 12.1. The van der Waals surface area contributed by atoms with Crippen LogP contribution in [0.3, 0.4) is 0 Å². The van der Waals surface area contributed by atoms with E-state index in [-0.39, 0.29) is 11.7 Å². The van der Waals surface area contributed by atoms with Crippen molar-refractivity contribution in [2.45, 2.75) is 18.8 Å². The highest BCUT2D eigenvalue weighted by Gasteiger charge is 2.28. The highest BCUT2D eigenvalue weighted by atomic mass is 16.6. The number of piperidine rings is 1. The highest BCUT2D eigenvalue weighted by molar-refractivity contribution is 5.92. The van der Waals surface area contributed by atoms with E-state index in [1.807, 2.05) is 12.1 Å². The predicted octanol–water partition coefficient (Wildman–Crippen LogP) is 3.69. The van der Waals surface area contributed by atoms with E-state index < -0.39 is 10.8 Å². The van der Waals surface area contributed by atoms with E-state index in [2.05, 4.69) is 23.3 Å². The summed E-state index contributed by atoms with van der Waals surface area (Å²) in [5.74, 6) is -0.272. The minimum absolute atomic E-state index is 0.0252. The molecule has 1 aliphatic heterocycles. The van der Waals surface area contributed by atoms with Crippen LogP contribution in [0.5, 0.6) is 0 Å². The molecule has 1 aromatic carbocycles. The molecule has 7 nitrogen and oxygen atoms in total. The van der Waals surface area contributed by atoms with E-state index >= 15 is 0 Å². The second-order valence-corrected chi connectivity index (χ2v) is 6.25. The molecule has 3 heterocycles. The number of carbonyl (C=O) groups is 1. The lowest BCUT2D eigenvalue weighted by atomic mass is 9.89. The van der Waals surface area contributed by atoms with Gasteiger partial charge in [0, 0.05) is 30.2 Å².